The van der Waals surface area contributed by atoms with E-state index in [0.29, 0.717) is 16.7 Å². The Bertz CT molecular complexity index is 459. The number of nitrogens with one attached hydrogen (secondary N) is 2. The second-order valence-corrected chi connectivity index (χ2v) is 6.57. The molecule has 0 aromatic carbocycles. The zero-order chi connectivity index (χ0) is 12.6. The molecule has 7 heteroatoms. The van der Waals surface area contributed by atoms with Crippen molar-refractivity contribution in [2.45, 2.75) is 38.1 Å². The summed E-state index contributed by atoms with van der Waals surface area (Å²) in [6.45, 7) is 6.98. The maximum absolute atomic E-state index is 12.1. The molecule has 0 fully saturated rings. The van der Waals surface area contributed by atoms with E-state index >= 15 is 0 Å². The van der Waals surface area contributed by atoms with Gasteiger partial charge in [-0.05, 0) is 27.7 Å². The van der Waals surface area contributed by atoms with Crippen molar-refractivity contribution in [3.05, 3.63) is 11.4 Å². The predicted molar refractivity (Wildman–Crippen MR) is 66.3 cm³/mol. The molecule has 0 bridgehead atoms. The number of sulfonamides is 1. The van der Waals surface area contributed by atoms with E-state index in [1.807, 2.05) is 13.8 Å². The second kappa shape index (κ2) is 4.46. The molecule has 0 radical (unpaired) electrons. The van der Waals surface area contributed by atoms with Crippen LogP contribution in [-0.2, 0) is 10.0 Å². The molecule has 0 spiro atoms. The molecule has 2 N–H and O–H groups in total. The Morgan fingerprint density at radius 3 is 2.38 bits per heavy atom. The van der Waals surface area contributed by atoms with Crippen LogP contribution in [0.4, 0.5) is 0 Å². The first-order chi connectivity index (χ1) is 7.19. The first-order valence-corrected chi connectivity index (χ1v) is 7.41. The van der Waals surface area contributed by atoms with Gasteiger partial charge in [0.05, 0.1) is 11.4 Å². The normalized spacial score (nSPS) is 13.1. The van der Waals surface area contributed by atoms with Gasteiger partial charge in [0.15, 0.2) is 0 Å². The molecule has 0 amide bonds. The Morgan fingerprint density at radius 1 is 1.44 bits per heavy atom. The fraction of sp³-hybridized carbons (Fsp3) is 0.667. The van der Waals surface area contributed by atoms with Gasteiger partial charge in [0.1, 0.15) is 4.90 Å². The number of hydrogen-bond donors (Lipinski definition) is 2. The molecular formula is C9H16BrN3O2S. The van der Waals surface area contributed by atoms with Crippen LogP contribution in [0.2, 0.25) is 0 Å². The second-order valence-electron chi connectivity index (χ2n) is 4.39. The Morgan fingerprint density at radius 2 is 2.00 bits per heavy atom. The monoisotopic (exact) mass is 309 g/mol. The van der Waals surface area contributed by atoms with Crippen molar-refractivity contribution in [1.29, 1.82) is 0 Å². The molecule has 1 heterocycles. The van der Waals surface area contributed by atoms with Crippen LogP contribution >= 0.6 is 15.9 Å². The van der Waals surface area contributed by atoms with E-state index in [1.165, 1.54) is 0 Å². The van der Waals surface area contributed by atoms with Crippen LogP contribution in [0.25, 0.3) is 0 Å². The van der Waals surface area contributed by atoms with Crippen LogP contribution in [0.1, 0.15) is 25.2 Å². The Kier molecular flexibility index (Phi) is 3.81. The van der Waals surface area contributed by atoms with Gasteiger partial charge in [0, 0.05) is 10.9 Å². The van der Waals surface area contributed by atoms with Gasteiger partial charge >= 0.3 is 0 Å². The summed E-state index contributed by atoms with van der Waals surface area (Å²) < 4.78 is 26.9. The number of halogens is 1. The highest BCUT2D eigenvalue weighted by atomic mass is 79.9. The molecule has 0 aliphatic carbocycles. The minimum absolute atomic E-state index is 0.238. The lowest BCUT2D eigenvalue weighted by molar-refractivity contribution is 0.500. The number of aromatic nitrogens is 2. The highest BCUT2D eigenvalue weighted by Crippen LogP contribution is 2.19. The van der Waals surface area contributed by atoms with Crippen molar-refractivity contribution in [1.82, 2.24) is 14.9 Å². The van der Waals surface area contributed by atoms with Crippen LogP contribution in [-0.4, -0.2) is 29.5 Å². The maximum atomic E-state index is 12.1. The number of rotatable bonds is 4. The molecule has 0 aliphatic rings. The number of aromatic amines is 1. The number of alkyl halides is 1. The third kappa shape index (κ3) is 2.83. The summed E-state index contributed by atoms with van der Waals surface area (Å²) in [5.74, 6) is 0. The van der Waals surface area contributed by atoms with Crippen LogP contribution in [0.3, 0.4) is 0 Å². The average Bonchev–Trinajstić information content (AvgIpc) is 2.44. The summed E-state index contributed by atoms with van der Waals surface area (Å²) in [7, 11) is -3.52. The van der Waals surface area contributed by atoms with Gasteiger partial charge in [0.25, 0.3) is 0 Å². The molecular weight excluding hydrogens is 294 g/mol. The van der Waals surface area contributed by atoms with Crippen molar-refractivity contribution in [3.8, 4) is 0 Å². The summed E-state index contributed by atoms with van der Waals surface area (Å²) >= 11 is 3.27. The molecule has 5 nitrogen and oxygen atoms in total. The van der Waals surface area contributed by atoms with Gasteiger partial charge in [-0.2, -0.15) is 5.10 Å². The molecule has 16 heavy (non-hydrogen) atoms. The fourth-order valence-electron chi connectivity index (χ4n) is 1.38. The Labute approximate surface area is 104 Å². The maximum Gasteiger partial charge on any atom is 0.244 e. The lowest BCUT2D eigenvalue weighted by Gasteiger charge is -2.23. The van der Waals surface area contributed by atoms with Crippen LogP contribution in [0.5, 0.6) is 0 Å². The molecule has 1 rings (SSSR count). The zero-order valence-electron chi connectivity index (χ0n) is 9.76. The Balaban J connectivity index is 3.14. The summed E-state index contributed by atoms with van der Waals surface area (Å²) in [5, 5.41) is 7.09. The van der Waals surface area contributed by atoms with Gasteiger partial charge in [-0.25, -0.2) is 13.1 Å². The van der Waals surface area contributed by atoms with E-state index in [1.54, 1.807) is 13.8 Å². The number of aryl methyl sites for hydroxylation is 2. The number of hydrogen-bond acceptors (Lipinski definition) is 3. The van der Waals surface area contributed by atoms with E-state index in [9.17, 15) is 8.42 Å². The van der Waals surface area contributed by atoms with Gasteiger partial charge in [-0.15, -0.1) is 0 Å². The van der Waals surface area contributed by atoms with E-state index in [-0.39, 0.29) is 4.90 Å². The standard InChI is InChI=1S/C9H16BrN3O2S/c1-6-8(7(2)12-11-6)16(14,15)13-9(3,4)5-10/h13H,5H2,1-4H3,(H,11,12). The minimum Gasteiger partial charge on any atom is -0.281 e. The lowest BCUT2D eigenvalue weighted by Crippen LogP contribution is -2.44. The molecule has 0 aliphatic heterocycles. The summed E-state index contributed by atoms with van der Waals surface area (Å²) in [6.07, 6.45) is 0. The number of nitrogens with zero attached hydrogens (tertiary/aromatic N) is 1. The highest BCUT2D eigenvalue weighted by molar-refractivity contribution is 9.09. The SMILES string of the molecule is Cc1n[nH]c(C)c1S(=O)(=O)NC(C)(C)CBr. The summed E-state index contributed by atoms with van der Waals surface area (Å²) in [5.41, 5.74) is 0.500. The van der Waals surface area contributed by atoms with Gasteiger partial charge < -0.3 is 0 Å². The van der Waals surface area contributed by atoms with Gasteiger partial charge in [-0.1, -0.05) is 15.9 Å². The number of H-pyrrole nitrogens is 1. The Hall–Kier alpha value is -0.400. The molecule has 0 saturated heterocycles. The van der Waals surface area contributed by atoms with Gasteiger partial charge in [-0.3, -0.25) is 5.10 Å². The molecule has 0 atom stereocenters. The average molecular weight is 310 g/mol. The molecule has 1 aromatic heterocycles. The first-order valence-electron chi connectivity index (χ1n) is 4.81. The third-order valence-electron chi connectivity index (χ3n) is 2.07. The van der Waals surface area contributed by atoms with E-state index in [4.69, 9.17) is 0 Å². The van der Waals surface area contributed by atoms with Crippen molar-refractivity contribution in [3.63, 3.8) is 0 Å². The molecule has 0 unspecified atom stereocenters. The first kappa shape index (κ1) is 13.7. The summed E-state index contributed by atoms with van der Waals surface area (Å²) in [4.78, 5) is 0.238. The van der Waals surface area contributed by atoms with Crippen LogP contribution < -0.4 is 4.72 Å². The molecule has 1 aromatic rings. The molecule has 92 valence electrons. The van der Waals surface area contributed by atoms with Crippen molar-refractivity contribution < 1.29 is 8.42 Å². The van der Waals surface area contributed by atoms with Crippen LogP contribution in [0.15, 0.2) is 4.90 Å². The zero-order valence-corrected chi connectivity index (χ0v) is 12.2. The predicted octanol–water partition coefficient (Wildman–Crippen LogP) is 1.48. The van der Waals surface area contributed by atoms with Crippen molar-refractivity contribution >= 4 is 26.0 Å². The largest absolute Gasteiger partial charge is 0.281 e. The lowest BCUT2D eigenvalue weighted by atomic mass is 10.1. The van der Waals surface area contributed by atoms with Gasteiger partial charge in [0.2, 0.25) is 10.0 Å². The van der Waals surface area contributed by atoms with Crippen molar-refractivity contribution in [2.24, 2.45) is 0 Å². The minimum atomic E-state index is -3.52. The quantitative estimate of drug-likeness (QED) is 0.827. The molecule has 0 saturated carbocycles. The smallest absolute Gasteiger partial charge is 0.244 e. The third-order valence-corrected chi connectivity index (χ3v) is 5.44. The fourth-order valence-corrected chi connectivity index (χ4v) is 3.49. The van der Waals surface area contributed by atoms with E-state index in [2.05, 4.69) is 30.8 Å². The summed E-state index contributed by atoms with van der Waals surface area (Å²) in [6, 6.07) is 0. The van der Waals surface area contributed by atoms with E-state index < -0.39 is 15.6 Å². The van der Waals surface area contributed by atoms with E-state index in [0.717, 1.165) is 0 Å². The van der Waals surface area contributed by atoms with Crippen LogP contribution in [0, 0.1) is 13.8 Å². The topological polar surface area (TPSA) is 74.8 Å². The highest BCUT2D eigenvalue weighted by Gasteiger charge is 2.28. The van der Waals surface area contributed by atoms with Crippen molar-refractivity contribution in [2.75, 3.05) is 5.33 Å².